The fraction of sp³-hybridized carbons (Fsp3) is 0.500. The maximum atomic E-state index is 12.0. The number of amides is 3. The number of nitrogens with two attached hydrogens (primary N) is 1. The van der Waals surface area contributed by atoms with Crippen LogP contribution in [0.3, 0.4) is 0 Å². The molecule has 7 nitrogen and oxygen atoms in total. The third-order valence-electron chi connectivity index (χ3n) is 3.40. The standard InChI is InChI=1S/C18H27N3O4/c1-17(2,3)25-16(24)21-11-18(4,5)13-8-6-7-12(9-13)15(23)20-10-14(19)22/h6-9H,10-11H2,1-5H3,(H2,19,22)(H,20,23)(H,21,24). The van der Waals surface area contributed by atoms with E-state index in [-0.39, 0.29) is 12.5 Å². The Bertz CT molecular complexity index is 648. The lowest BCUT2D eigenvalue weighted by molar-refractivity contribution is -0.117. The Morgan fingerprint density at radius 3 is 2.28 bits per heavy atom. The Kier molecular flexibility index (Phi) is 6.55. The van der Waals surface area contributed by atoms with Gasteiger partial charge in [0.05, 0.1) is 6.54 Å². The molecule has 3 amide bonds. The SMILES string of the molecule is CC(C)(C)OC(=O)NCC(C)(C)c1cccc(C(=O)NCC(N)=O)c1. The average Bonchev–Trinajstić information content (AvgIpc) is 2.49. The second kappa shape index (κ2) is 8.00. The number of hydrogen-bond acceptors (Lipinski definition) is 4. The zero-order valence-electron chi connectivity index (χ0n) is 15.4. The van der Waals surface area contributed by atoms with Crippen molar-refractivity contribution in [2.45, 2.75) is 45.6 Å². The van der Waals surface area contributed by atoms with Gasteiger partial charge in [-0.05, 0) is 38.5 Å². The van der Waals surface area contributed by atoms with Crippen molar-refractivity contribution in [1.29, 1.82) is 0 Å². The summed E-state index contributed by atoms with van der Waals surface area (Å²) < 4.78 is 5.23. The van der Waals surface area contributed by atoms with Crippen LogP contribution in [-0.4, -0.2) is 36.6 Å². The number of alkyl carbamates (subject to hydrolysis) is 1. The van der Waals surface area contributed by atoms with Crippen LogP contribution in [0.5, 0.6) is 0 Å². The molecule has 0 saturated carbocycles. The summed E-state index contributed by atoms with van der Waals surface area (Å²) in [4.78, 5) is 34.6. The van der Waals surface area contributed by atoms with Crippen molar-refractivity contribution in [3.8, 4) is 0 Å². The predicted octanol–water partition coefficient (Wildman–Crippen LogP) is 1.70. The molecule has 0 fully saturated rings. The van der Waals surface area contributed by atoms with Gasteiger partial charge in [-0.2, -0.15) is 0 Å². The maximum absolute atomic E-state index is 12.0. The molecular formula is C18H27N3O4. The van der Waals surface area contributed by atoms with Crippen molar-refractivity contribution >= 4 is 17.9 Å². The molecule has 1 aromatic rings. The molecule has 0 saturated heterocycles. The van der Waals surface area contributed by atoms with Gasteiger partial charge in [0.1, 0.15) is 5.60 Å². The number of carbonyl (C=O) groups is 3. The summed E-state index contributed by atoms with van der Waals surface area (Å²) >= 11 is 0. The van der Waals surface area contributed by atoms with Crippen LogP contribution in [0, 0.1) is 0 Å². The molecule has 0 aromatic heterocycles. The van der Waals surface area contributed by atoms with Crippen LogP contribution in [0.2, 0.25) is 0 Å². The third-order valence-corrected chi connectivity index (χ3v) is 3.40. The first-order chi connectivity index (χ1) is 11.4. The average molecular weight is 349 g/mol. The summed E-state index contributed by atoms with van der Waals surface area (Å²) in [6, 6.07) is 7.01. The molecule has 0 bridgehead atoms. The molecule has 25 heavy (non-hydrogen) atoms. The van der Waals surface area contributed by atoms with Crippen molar-refractivity contribution < 1.29 is 19.1 Å². The normalized spacial score (nSPS) is 11.6. The first-order valence-electron chi connectivity index (χ1n) is 8.04. The monoisotopic (exact) mass is 349 g/mol. The van der Waals surface area contributed by atoms with Crippen molar-refractivity contribution in [3.05, 3.63) is 35.4 Å². The van der Waals surface area contributed by atoms with Crippen LogP contribution in [0.25, 0.3) is 0 Å². The minimum absolute atomic E-state index is 0.216. The van der Waals surface area contributed by atoms with Gasteiger partial charge in [0.15, 0.2) is 0 Å². The summed E-state index contributed by atoms with van der Waals surface area (Å²) in [5.74, 6) is -0.983. The van der Waals surface area contributed by atoms with Crippen LogP contribution >= 0.6 is 0 Å². The van der Waals surface area contributed by atoms with E-state index < -0.39 is 23.0 Å². The Morgan fingerprint density at radius 1 is 1.08 bits per heavy atom. The van der Waals surface area contributed by atoms with Gasteiger partial charge < -0.3 is 21.1 Å². The van der Waals surface area contributed by atoms with Crippen LogP contribution in [0.15, 0.2) is 24.3 Å². The van der Waals surface area contributed by atoms with E-state index >= 15 is 0 Å². The summed E-state index contributed by atoms with van der Waals surface area (Å²) in [5.41, 5.74) is 5.33. The smallest absolute Gasteiger partial charge is 0.407 e. The zero-order valence-corrected chi connectivity index (χ0v) is 15.4. The number of benzene rings is 1. The maximum Gasteiger partial charge on any atom is 0.407 e. The first-order valence-corrected chi connectivity index (χ1v) is 8.04. The molecule has 1 aromatic carbocycles. The first kappa shape index (κ1) is 20.5. The van der Waals surface area contributed by atoms with E-state index in [2.05, 4.69) is 10.6 Å². The predicted molar refractivity (Wildman–Crippen MR) is 95.2 cm³/mol. The molecule has 0 aliphatic rings. The van der Waals surface area contributed by atoms with Crippen molar-refractivity contribution in [3.63, 3.8) is 0 Å². The molecule has 0 atom stereocenters. The summed E-state index contributed by atoms with van der Waals surface area (Å²) in [6.45, 7) is 9.42. The largest absolute Gasteiger partial charge is 0.444 e. The summed E-state index contributed by atoms with van der Waals surface area (Å²) in [5, 5.41) is 5.19. The third kappa shape index (κ3) is 7.24. The number of ether oxygens (including phenoxy) is 1. The molecule has 1 rings (SSSR count). The Labute approximate surface area is 148 Å². The highest BCUT2D eigenvalue weighted by Gasteiger charge is 2.24. The fourth-order valence-corrected chi connectivity index (χ4v) is 2.06. The zero-order chi connectivity index (χ0) is 19.3. The molecule has 4 N–H and O–H groups in total. The van der Waals surface area contributed by atoms with E-state index in [9.17, 15) is 14.4 Å². The fourth-order valence-electron chi connectivity index (χ4n) is 2.06. The highest BCUT2D eigenvalue weighted by molar-refractivity contribution is 5.96. The molecule has 7 heteroatoms. The molecule has 0 unspecified atom stereocenters. The van der Waals surface area contributed by atoms with Crippen molar-refractivity contribution in [2.75, 3.05) is 13.1 Å². The Hall–Kier alpha value is -2.57. The molecule has 0 aliphatic heterocycles. The van der Waals surface area contributed by atoms with Gasteiger partial charge >= 0.3 is 6.09 Å². The molecular weight excluding hydrogens is 322 g/mol. The molecule has 0 heterocycles. The van der Waals surface area contributed by atoms with E-state index in [1.807, 2.05) is 19.9 Å². The quantitative estimate of drug-likeness (QED) is 0.726. The summed E-state index contributed by atoms with van der Waals surface area (Å²) in [7, 11) is 0. The van der Waals surface area contributed by atoms with Gasteiger partial charge in [0.2, 0.25) is 5.91 Å². The van der Waals surface area contributed by atoms with E-state index in [1.165, 1.54) is 0 Å². The van der Waals surface area contributed by atoms with Crippen LogP contribution in [0.4, 0.5) is 4.79 Å². The van der Waals surface area contributed by atoms with E-state index in [0.717, 1.165) is 5.56 Å². The van der Waals surface area contributed by atoms with E-state index in [0.29, 0.717) is 12.1 Å². The highest BCUT2D eigenvalue weighted by Crippen LogP contribution is 2.23. The summed E-state index contributed by atoms with van der Waals surface area (Å²) in [6.07, 6.45) is -0.490. The minimum atomic E-state index is -0.605. The second-order valence-electron chi connectivity index (χ2n) is 7.47. The number of primary amides is 1. The number of rotatable bonds is 6. The lowest BCUT2D eigenvalue weighted by atomic mass is 9.84. The number of hydrogen-bond donors (Lipinski definition) is 3. The minimum Gasteiger partial charge on any atom is -0.444 e. The van der Waals surface area contributed by atoms with Crippen LogP contribution in [-0.2, 0) is 14.9 Å². The second-order valence-corrected chi connectivity index (χ2v) is 7.47. The van der Waals surface area contributed by atoms with Crippen LogP contribution < -0.4 is 16.4 Å². The van der Waals surface area contributed by atoms with Crippen molar-refractivity contribution in [2.24, 2.45) is 5.73 Å². The van der Waals surface area contributed by atoms with Crippen molar-refractivity contribution in [1.82, 2.24) is 10.6 Å². The molecule has 0 spiro atoms. The lowest BCUT2D eigenvalue weighted by Gasteiger charge is -2.27. The van der Waals surface area contributed by atoms with Gasteiger partial charge in [0.25, 0.3) is 5.91 Å². The van der Waals surface area contributed by atoms with Gasteiger partial charge in [-0.1, -0.05) is 26.0 Å². The molecule has 0 aliphatic carbocycles. The Morgan fingerprint density at radius 2 is 1.72 bits per heavy atom. The number of carbonyl (C=O) groups excluding carboxylic acids is 3. The topological polar surface area (TPSA) is 111 Å². The number of nitrogens with one attached hydrogen (secondary N) is 2. The lowest BCUT2D eigenvalue weighted by Crippen LogP contribution is -2.40. The van der Waals surface area contributed by atoms with Gasteiger partial charge in [-0.25, -0.2) is 4.79 Å². The molecule has 0 radical (unpaired) electrons. The van der Waals surface area contributed by atoms with Gasteiger partial charge in [-0.15, -0.1) is 0 Å². The Balaban J connectivity index is 2.78. The van der Waals surface area contributed by atoms with Gasteiger partial charge in [-0.3, -0.25) is 9.59 Å². The van der Waals surface area contributed by atoms with E-state index in [1.54, 1.807) is 39.0 Å². The van der Waals surface area contributed by atoms with E-state index in [4.69, 9.17) is 10.5 Å². The highest BCUT2D eigenvalue weighted by atomic mass is 16.6. The molecule has 138 valence electrons. The van der Waals surface area contributed by atoms with Gasteiger partial charge in [0, 0.05) is 17.5 Å². The van der Waals surface area contributed by atoms with Crippen LogP contribution in [0.1, 0.15) is 50.5 Å².